The van der Waals surface area contributed by atoms with Crippen LogP contribution in [0.3, 0.4) is 0 Å². The van der Waals surface area contributed by atoms with Crippen LogP contribution in [-0.4, -0.2) is 17.8 Å². The number of allylic oxidation sites excluding steroid dienone is 1. The van der Waals surface area contributed by atoms with Gasteiger partial charge >= 0.3 is 5.97 Å². The fourth-order valence-corrected chi connectivity index (χ4v) is 3.55. The third-order valence-corrected chi connectivity index (χ3v) is 5.01. The standard InChI is InChI=1S/C26H25N3O2/c1-3-22(19-7-5-4-6-8-19)26(21-14-15-23(29-27)24(17-21)28-2)20-12-9-18(10-13-20)11-16-25(30)31/h4-17,29H,2-3,27H2,1H3,(H,30,31)/b16-11+,26-22+. The summed E-state index contributed by atoms with van der Waals surface area (Å²) < 4.78 is 0. The van der Waals surface area contributed by atoms with Gasteiger partial charge < -0.3 is 10.5 Å². The molecule has 0 heterocycles. The Hall–Kier alpha value is -3.96. The van der Waals surface area contributed by atoms with E-state index >= 15 is 0 Å². The number of aliphatic imine (C=N–C) groups is 1. The van der Waals surface area contributed by atoms with E-state index in [1.165, 1.54) is 5.57 Å². The minimum absolute atomic E-state index is 0.669. The van der Waals surface area contributed by atoms with Gasteiger partial charge in [0, 0.05) is 6.08 Å². The molecule has 0 aliphatic carbocycles. The van der Waals surface area contributed by atoms with Gasteiger partial charge in [0.15, 0.2) is 0 Å². The van der Waals surface area contributed by atoms with Crippen LogP contribution in [0.5, 0.6) is 0 Å². The SMILES string of the molecule is C=Nc1cc(/C(=C(\CC)c2ccccc2)c2ccc(/C=C/C(=O)O)cc2)ccc1NN. The Balaban J connectivity index is 2.21. The second-order valence-corrected chi connectivity index (χ2v) is 6.90. The van der Waals surface area contributed by atoms with Gasteiger partial charge in [-0.15, -0.1) is 0 Å². The number of carboxylic acid groups (broad SMARTS) is 1. The summed E-state index contributed by atoms with van der Waals surface area (Å²) in [4.78, 5) is 14.9. The van der Waals surface area contributed by atoms with Gasteiger partial charge in [0.1, 0.15) is 0 Å². The van der Waals surface area contributed by atoms with Gasteiger partial charge in [0.2, 0.25) is 0 Å². The van der Waals surface area contributed by atoms with Crippen molar-refractivity contribution in [2.45, 2.75) is 13.3 Å². The molecule has 156 valence electrons. The van der Waals surface area contributed by atoms with Gasteiger partial charge in [-0.05, 0) is 64.7 Å². The molecule has 3 aromatic rings. The summed E-state index contributed by atoms with van der Waals surface area (Å²) in [6, 6.07) is 24.0. The largest absolute Gasteiger partial charge is 0.478 e. The van der Waals surface area contributed by atoms with Crippen LogP contribution < -0.4 is 11.3 Å². The van der Waals surface area contributed by atoms with E-state index in [9.17, 15) is 4.79 Å². The molecule has 0 unspecified atom stereocenters. The molecular weight excluding hydrogens is 386 g/mol. The number of rotatable bonds is 8. The summed E-state index contributed by atoms with van der Waals surface area (Å²) in [6.07, 6.45) is 3.54. The minimum Gasteiger partial charge on any atom is -0.478 e. The molecule has 0 aliphatic rings. The van der Waals surface area contributed by atoms with Crippen LogP contribution in [-0.2, 0) is 4.79 Å². The highest BCUT2D eigenvalue weighted by atomic mass is 16.4. The highest BCUT2D eigenvalue weighted by molar-refractivity contribution is 5.99. The zero-order chi connectivity index (χ0) is 22.2. The Kier molecular flexibility index (Phi) is 7.14. The second kappa shape index (κ2) is 10.2. The topological polar surface area (TPSA) is 87.7 Å². The van der Waals surface area contributed by atoms with Gasteiger partial charge in [-0.1, -0.05) is 67.6 Å². The van der Waals surface area contributed by atoms with Crippen LogP contribution in [0.15, 0.2) is 83.9 Å². The van der Waals surface area contributed by atoms with E-state index in [0.29, 0.717) is 11.4 Å². The number of carboxylic acids is 1. The molecule has 0 saturated heterocycles. The minimum atomic E-state index is -0.972. The zero-order valence-electron chi connectivity index (χ0n) is 17.4. The maximum absolute atomic E-state index is 10.8. The number of anilines is 1. The fraction of sp³-hybridized carbons (Fsp3) is 0.0769. The fourth-order valence-electron chi connectivity index (χ4n) is 3.55. The lowest BCUT2D eigenvalue weighted by molar-refractivity contribution is -0.131. The van der Waals surface area contributed by atoms with Crippen molar-refractivity contribution in [3.8, 4) is 0 Å². The number of carbonyl (C=O) groups is 1. The van der Waals surface area contributed by atoms with E-state index in [4.69, 9.17) is 10.9 Å². The Morgan fingerprint density at radius 1 is 1.03 bits per heavy atom. The summed E-state index contributed by atoms with van der Waals surface area (Å²) in [7, 11) is 0. The molecule has 0 bridgehead atoms. The molecule has 3 aromatic carbocycles. The predicted octanol–water partition coefficient (Wildman–Crippen LogP) is 5.77. The van der Waals surface area contributed by atoms with Gasteiger partial charge in [-0.25, -0.2) is 4.79 Å². The van der Waals surface area contributed by atoms with Gasteiger partial charge in [-0.2, -0.15) is 0 Å². The molecule has 0 atom stereocenters. The van der Waals surface area contributed by atoms with Gasteiger partial charge in [0.05, 0.1) is 11.4 Å². The average molecular weight is 412 g/mol. The second-order valence-electron chi connectivity index (χ2n) is 6.90. The van der Waals surface area contributed by atoms with Gasteiger partial charge in [-0.3, -0.25) is 10.8 Å². The number of hydrazine groups is 1. The third kappa shape index (κ3) is 5.15. The van der Waals surface area contributed by atoms with E-state index in [1.54, 1.807) is 6.08 Å². The van der Waals surface area contributed by atoms with Crippen LogP contribution in [0.4, 0.5) is 11.4 Å². The van der Waals surface area contributed by atoms with E-state index in [2.05, 4.69) is 36.2 Å². The van der Waals surface area contributed by atoms with Crippen molar-refractivity contribution in [2.24, 2.45) is 10.8 Å². The monoisotopic (exact) mass is 411 g/mol. The highest BCUT2D eigenvalue weighted by Gasteiger charge is 2.14. The smallest absolute Gasteiger partial charge is 0.328 e. The summed E-state index contributed by atoms with van der Waals surface area (Å²) in [5.74, 6) is 4.64. The van der Waals surface area contributed by atoms with Crippen molar-refractivity contribution < 1.29 is 9.90 Å². The number of nitrogens with two attached hydrogens (primary N) is 1. The van der Waals surface area contributed by atoms with Crippen LogP contribution in [0.25, 0.3) is 17.2 Å². The Labute approximate surface area is 182 Å². The maximum atomic E-state index is 10.8. The summed E-state index contributed by atoms with van der Waals surface area (Å²) in [5.41, 5.74) is 10.3. The summed E-state index contributed by atoms with van der Waals surface area (Å²) in [5, 5.41) is 8.87. The van der Waals surface area contributed by atoms with E-state index in [1.807, 2.05) is 60.7 Å². The number of nitrogens with one attached hydrogen (secondary N) is 1. The Morgan fingerprint density at radius 2 is 1.71 bits per heavy atom. The summed E-state index contributed by atoms with van der Waals surface area (Å²) in [6.45, 7) is 5.80. The molecule has 0 radical (unpaired) electrons. The normalized spacial score (nSPS) is 11.8. The first-order valence-electron chi connectivity index (χ1n) is 9.95. The number of benzene rings is 3. The third-order valence-electron chi connectivity index (χ3n) is 5.01. The first-order valence-corrected chi connectivity index (χ1v) is 9.95. The predicted molar refractivity (Wildman–Crippen MR) is 129 cm³/mol. The molecule has 5 nitrogen and oxygen atoms in total. The van der Waals surface area contributed by atoms with E-state index < -0.39 is 5.97 Å². The summed E-state index contributed by atoms with van der Waals surface area (Å²) >= 11 is 0. The number of hydrogen-bond acceptors (Lipinski definition) is 4. The molecule has 5 heteroatoms. The van der Waals surface area contributed by atoms with E-state index in [-0.39, 0.29) is 0 Å². The maximum Gasteiger partial charge on any atom is 0.328 e. The van der Waals surface area contributed by atoms with Crippen LogP contribution in [0.1, 0.15) is 35.6 Å². The zero-order valence-corrected chi connectivity index (χ0v) is 17.4. The van der Waals surface area contributed by atoms with Crippen LogP contribution in [0.2, 0.25) is 0 Å². The molecule has 0 spiro atoms. The van der Waals surface area contributed by atoms with Gasteiger partial charge in [0.25, 0.3) is 0 Å². The van der Waals surface area contributed by atoms with Crippen LogP contribution >= 0.6 is 0 Å². The van der Waals surface area contributed by atoms with Crippen molar-refractivity contribution in [3.05, 3.63) is 101 Å². The molecule has 4 N–H and O–H groups in total. The van der Waals surface area contributed by atoms with Crippen molar-refractivity contribution in [1.29, 1.82) is 0 Å². The first kappa shape index (κ1) is 21.7. The lowest BCUT2D eigenvalue weighted by atomic mass is 9.87. The highest BCUT2D eigenvalue weighted by Crippen LogP contribution is 2.37. The number of aliphatic carboxylic acids is 1. The van der Waals surface area contributed by atoms with E-state index in [0.717, 1.165) is 40.3 Å². The van der Waals surface area contributed by atoms with Crippen molar-refractivity contribution in [1.82, 2.24) is 0 Å². The quantitative estimate of drug-likeness (QED) is 0.144. The lowest BCUT2D eigenvalue weighted by Gasteiger charge is -2.18. The molecule has 3 rings (SSSR count). The number of nitrogen functional groups attached to an aromatic ring is 1. The van der Waals surface area contributed by atoms with Crippen LogP contribution in [0, 0.1) is 0 Å². The van der Waals surface area contributed by atoms with Crippen molar-refractivity contribution in [2.75, 3.05) is 5.43 Å². The Morgan fingerprint density at radius 3 is 2.29 bits per heavy atom. The first-order chi connectivity index (χ1) is 15.1. The molecule has 31 heavy (non-hydrogen) atoms. The van der Waals surface area contributed by atoms with Crippen molar-refractivity contribution in [3.63, 3.8) is 0 Å². The molecule has 0 aliphatic heterocycles. The van der Waals surface area contributed by atoms with Crippen molar-refractivity contribution >= 4 is 41.3 Å². The average Bonchev–Trinajstić information content (AvgIpc) is 2.81. The number of hydrogen-bond donors (Lipinski definition) is 3. The molecule has 0 fully saturated rings. The molecular formula is C26H25N3O2. The lowest BCUT2D eigenvalue weighted by Crippen LogP contribution is -2.07. The molecule has 0 aromatic heterocycles. The molecule has 0 amide bonds. The Bertz CT molecular complexity index is 1130. The molecule has 0 saturated carbocycles. The number of nitrogens with zero attached hydrogens (tertiary/aromatic N) is 1.